The van der Waals surface area contributed by atoms with Crippen LogP contribution in [0.1, 0.15) is 61.3 Å². The Morgan fingerprint density at radius 2 is 2.05 bits per heavy atom. The molecule has 0 radical (unpaired) electrons. The third-order valence-electron chi connectivity index (χ3n) is 2.99. The number of hydrogen-bond donors (Lipinski definition) is 2. The van der Waals surface area contributed by atoms with Crippen LogP contribution in [0.3, 0.4) is 0 Å². The molecule has 1 aliphatic carbocycles. The molecule has 6 heteroatoms. The van der Waals surface area contributed by atoms with Gasteiger partial charge in [-0.15, -0.1) is 0 Å². The number of aromatic nitrogens is 1. The second-order valence-corrected chi connectivity index (χ2v) is 6.17. The van der Waals surface area contributed by atoms with E-state index in [0.29, 0.717) is 11.4 Å². The summed E-state index contributed by atoms with van der Waals surface area (Å²) in [6, 6.07) is 3.17. The van der Waals surface area contributed by atoms with E-state index in [1.54, 1.807) is 32.9 Å². The number of carbonyl (C=O) groups excluding carboxylic acids is 1. The SMILES string of the molecule is CC(C)(C)OC(=O)NCc1ccc(C(=O)O)c(C2CC2)n1. The van der Waals surface area contributed by atoms with Gasteiger partial charge in [0.1, 0.15) is 5.60 Å². The molecule has 0 spiro atoms. The van der Waals surface area contributed by atoms with E-state index in [-0.39, 0.29) is 18.0 Å². The lowest BCUT2D eigenvalue weighted by Crippen LogP contribution is -2.32. The largest absolute Gasteiger partial charge is 0.478 e. The zero-order chi connectivity index (χ0) is 15.6. The maximum atomic E-state index is 11.6. The molecule has 1 saturated carbocycles. The summed E-state index contributed by atoms with van der Waals surface area (Å²) >= 11 is 0. The summed E-state index contributed by atoms with van der Waals surface area (Å²) in [6.45, 7) is 5.58. The molecule has 21 heavy (non-hydrogen) atoms. The van der Waals surface area contributed by atoms with Crippen LogP contribution in [0.15, 0.2) is 12.1 Å². The van der Waals surface area contributed by atoms with Crippen LogP contribution in [0.2, 0.25) is 0 Å². The highest BCUT2D eigenvalue weighted by Crippen LogP contribution is 2.40. The molecule has 1 aromatic rings. The highest BCUT2D eigenvalue weighted by molar-refractivity contribution is 5.89. The minimum absolute atomic E-state index is 0.217. The van der Waals surface area contributed by atoms with Crippen LogP contribution >= 0.6 is 0 Å². The number of pyridine rings is 1. The van der Waals surface area contributed by atoms with Gasteiger partial charge in [-0.1, -0.05) is 0 Å². The quantitative estimate of drug-likeness (QED) is 0.890. The lowest BCUT2D eigenvalue weighted by molar-refractivity contribution is 0.0522. The van der Waals surface area contributed by atoms with E-state index in [1.807, 2.05) is 0 Å². The van der Waals surface area contributed by atoms with Crippen LogP contribution in [0.25, 0.3) is 0 Å². The third-order valence-corrected chi connectivity index (χ3v) is 2.99. The first-order chi connectivity index (χ1) is 9.76. The van der Waals surface area contributed by atoms with E-state index < -0.39 is 17.7 Å². The molecule has 2 N–H and O–H groups in total. The monoisotopic (exact) mass is 292 g/mol. The number of nitrogens with zero attached hydrogens (tertiary/aromatic N) is 1. The number of aromatic carboxylic acids is 1. The van der Waals surface area contributed by atoms with Gasteiger partial charge in [0.2, 0.25) is 0 Å². The zero-order valence-corrected chi connectivity index (χ0v) is 12.5. The molecule has 1 heterocycles. The molecular formula is C15H20N2O4. The van der Waals surface area contributed by atoms with Crippen molar-refractivity contribution in [3.8, 4) is 0 Å². The average molecular weight is 292 g/mol. The number of carboxylic acid groups (broad SMARTS) is 1. The maximum Gasteiger partial charge on any atom is 0.407 e. The molecule has 0 atom stereocenters. The predicted octanol–water partition coefficient (Wildman–Crippen LogP) is 2.68. The number of alkyl carbamates (subject to hydrolysis) is 1. The lowest BCUT2D eigenvalue weighted by atomic mass is 10.1. The molecular weight excluding hydrogens is 272 g/mol. The van der Waals surface area contributed by atoms with Crippen molar-refractivity contribution < 1.29 is 19.4 Å². The van der Waals surface area contributed by atoms with Gasteiger partial charge in [-0.05, 0) is 45.7 Å². The van der Waals surface area contributed by atoms with Gasteiger partial charge >= 0.3 is 12.1 Å². The number of carboxylic acids is 1. The van der Waals surface area contributed by atoms with Crippen molar-refractivity contribution in [3.05, 3.63) is 29.1 Å². The highest BCUT2D eigenvalue weighted by Gasteiger charge is 2.30. The fourth-order valence-electron chi connectivity index (χ4n) is 1.94. The van der Waals surface area contributed by atoms with Gasteiger partial charge in [0, 0.05) is 5.92 Å². The Kier molecular flexibility index (Phi) is 4.16. The maximum absolute atomic E-state index is 11.6. The lowest BCUT2D eigenvalue weighted by Gasteiger charge is -2.19. The van der Waals surface area contributed by atoms with Crippen molar-refractivity contribution in [2.75, 3.05) is 0 Å². The Balaban J connectivity index is 2.03. The molecule has 0 saturated heterocycles. The van der Waals surface area contributed by atoms with Crippen LogP contribution in [0, 0.1) is 0 Å². The molecule has 1 aliphatic rings. The summed E-state index contributed by atoms with van der Waals surface area (Å²) in [5, 5.41) is 11.8. The van der Waals surface area contributed by atoms with Crippen LogP contribution in [-0.4, -0.2) is 27.8 Å². The van der Waals surface area contributed by atoms with E-state index >= 15 is 0 Å². The number of hydrogen-bond acceptors (Lipinski definition) is 4. The van der Waals surface area contributed by atoms with Crippen molar-refractivity contribution in [2.24, 2.45) is 0 Å². The molecule has 0 aromatic carbocycles. The number of amides is 1. The molecule has 1 aromatic heterocycles. The molecule has 1 amide bonds. The number of ether oxygens (including phenoxy) is 1. The van der Waals surface area contributed by atoms with Crippen LogP contribution < -0.4 is 5.32 Å². The van der Waals surface area contributed by atoms with E-state index in [4.69, 9.17) is 9.84 Å². The Morgan fingerprint density at radius 3 is 2.57 bits per heavy atom. The molecule has 0 unspecified atom stereocenters. The van der Waals surface area contributed by atoms with E-state index in [9.17, 15) is 9.59 Å². The van der Waals surface area contributed by atoms with Crippen molar-refractivity contribution in [1.29, 1.82) is 0 Å². The van der Waals surface area contributed by atoms with Crippen LogP contribution in [0.5, 0.6) is 0 Å². The van der Waals surface area contributed by atoms with Gasteiger partial charge in [-0.2, -0.15) is 0 Å². The molecule has 2 rings (SSSR count). The zero-order valence-electron chi connectivity index (χ0n) is 12.5. The highest BCUT2D eigenvalue weighted by atomic mass is 16.6. The summed E-state index contributed by atoms with van der Waals surface area (Å²) in [7, 11) is 0. The molecule has 114 valence electrons. The number of carbonyl (C=O) groups is 2. The van der Waals surface area contributed by atoms with Crippen molar-refractivity contribution in [2.45, 2.75) is 51.7 Å². The summed E-state index contributed by atoms with van der Waals surface area (Å²) in [4.78, 5) is 27.1. The topological polar surface area (TPSA) is 88.5 Å². The number of nitrogens with one attached hydrogen (secondary N) is 1. The van der Waals surface area contributed by atoms with Crippen molar-refractivity contribution in [1.82, 2.24) is 10.3 Å². The Bertz CT molecular complexity index is 559. The van der Waals surface area contributed by atoms with Crippen molar-refractivity contribution >= 4 is 12.1 Å². The smallest absolute Gasteiger partial charge is 0.407 e. The Labute approximate surface area is 123 Å². The van der Waals surface area contributed by atoms with Crippen LogP contribution in [-0.2, 0) is 11.3 Å². The van der Waals surface area contributed by atoms with E-state index in [2.05, 4.69) is 10.3 Å². The molecule has 1 fully saturated rings. The summed E-state index contributed by atoms with van der Waals surface area (Å²) in [5.74, 6) is -0.728. The minimum atomic E-state index is -0.962. The summed E-state index contributed by atoms with van der Waals surface area (Å²) < 4.78 is 5.14. The van der Waals surface area contributed by atoms with Gasteiger partial charge in [-0.3, -0.25) is 4.98 Å². The third kappa shape index (κ3) is 4.44. The minimum Gasteiger partial charge on any atom is -0.478 e. The van der Waals surface area contributed by atoms with Gasteiger partial charge in [0.25, 0.3) is 0 Å². The standard InChI is InChI=1S/C15H20N2O4/c1-15(2,3)21-14(20)16-8-10-6-7-11(13(18)19)12(17-10)9-4-5-9/h6-7,9H,4-5,8H2,1-3H3,(H,16,20)(H,18,19). The first-order valence-electron chi connectivity index (χ1n) is 6.96. The molecule has 0 bridgehead atoms. The average Bonchev–Trinajstić information content (AvgIpc) is 3.18. The molecule has 0 aliphatic heterocycles. The second-order valence-electron chi connectivity index (χ2n) is 6.17. The van der Waals surface area contributed by atoms with Gasteiger partial charge in [0.15, 0.2) is 0 Å². The van der Waals surface area contributed by atoms with Crippen molar-refractivity contribution in [3.63, 3.8) is 0 Å². The first-order valence-corrected chi connectivity index (χ1v) is 6.96. The van der Waals surface area contributed by atoms with E-state index in [1.165, 1.54) is 0 Å². The summed E-state index contributed by atoms with van der Waals surface area (Å²) in [6.07, 6.45) is 1.42. The van der Waals surface area contributed by atoms with E-state index in [0.717, 1.165) is 12.8 Å². The van der Waals surface area contributed by atoms with Gasteiger partial charge in [-0.25, -0.2) is 9.59 Å². The summed E-state index contributed by atoms with van der Waals surface area (Å²) in [5.41, 5.74) is 0.946. The predicted molar refractivity (Wildman–Crippen MR) is 76.2 cm³/mol. The first kappa shape index (κ1) is 15.3. The molecule has 6 nitrogen and oxygen atoms in total. The fraction of sp³-hybridized carbons (Fsp3) is 0.533. The van der Waals surface area contributed by atoms with Gasteiger partial charge in [0.05, 0.1) is 23.5 Å². The fourth-order valence-corrected chi connectivity index (χ4v) is 1.94. The second kappa shape index (κ2) is 5.71. The Hall–Kier alpha value is -2.11. The number of rotatable bonds is 4. The van der Waals surface area contributed by atoms with Crippen LogP contribution in [0.4, 0.5) is 4.79 Å². The van der Waals surface area contributed by atoms with Gasteiger partial charge < -0.3 is 15.2 Å². The normalized spacial score (nSPS) is 14.6. The Morgan fingerprint density at radius 1 is 1.38 bits per heavy atom.